The van der Waals surface area contributed by atoms with Crippen LogP contribution in [-0.4, -0.2) is 24.9 Å². The van der Waals surface area contributed by atoms with Gasteiger partial charge >= 0.3 is 0 Å². The Balaban J connectivity index is 1.78. The number of ether oxygens (including phenoxy) is 1. The van der Waals surface area contributed by atoms with E-state index in [0.717, 1.165) is 22.6 Å². The third kappa shape index (κ3) is 3.04. The first-order valence-electron chi connectivity index (χ1n) is 7.46. The lowest BCUT2D eigenvalue weighted by Crippen LogP contribution is -2.28. The number of methoxy groups -OCH3 is 1. The molecule has 1 atom stereocenters. The summed E-state index contributed by atoms with van der Waals surface area (Å²) in [4.78, 5) is 16.4. The number of rotatable bonds is 3. The highest BCUT2D eigenvalue weighted by atomic mass is 16.5. The molecule has 0 aliphatic carbocycles. The molecule has 0 bridgehead atoms. The molecule has 1 aliphatic rings. The van der Waals surface area contributed by atoms with Crippen LogP contribution in [0.5, 0.6) is 5.75 Å². The number of nitrogens with two attached hydrogens (primary N) is 1. The van der Waals surface area contributed by atoms with Crippen molar-refractivity contribution in [1.29, 1.82) is 0 Å². The summed E-state index contributed by atoms with van der Waals surface area (Å²) < 4.78 is 5.28. The largest absolute Gasteiger partial charge is 0.496 e. The third-order valence-corrected chi connectivity index (χ3v) is 4.00. The summed E-state index contributed by atoms with van der Waals surface area (Å²) in [5, 5.41) is 3.19. The minimum atomic E-state index is -0.363. The van der Waals surface area contributed by atoms with E-state index < -0.39 is 0 Å². The van der Waals surface area contributed by atoms with E-state index in [4.69, 9.17) is 10.5 Å². The number of fused-ring (bicyclic) bond motifs is 1. The van der Waals surface area contributed by atoms with Crippen molar-refractivity contribution >= 4 is 17.4 Å². The Morgan fingerprint density at radius 3 is 2.83 bits per heavy atom. The molecule has 0 fully saturated rings. The predicted octanol–water partition coefficient (Wildman–Crippen LogP) is 2.27. The van der Waals surface area contributed by atoms with Crippen LogP contribution in [0.25, 0.3) is 0 Å². The summed E-state index contributed by atoms with van der Waals surface area (Å²) >= 11 is 0. The molecular formula is C18H19N3O2. The third-order valence-electron chi connectivity index (χ3n) is 4.00. The first kappa shape index (κ1) is 15.1. The molecule has 3 N–H and O–H groups in total. The summed E-state index contributed by atoms with van der Waals surface area (Å²) in [5.74, 6) is 0.656. The monoisotopic (exact) mass is 309 g/mol. The standard InChI is InChI=1S/C18H19N3O2/c1-11-7-8-13(10-16(11)23-2)17(19)21-18(22)15-9-12-5-3-4-6-14(12)20-15/h3-8,10,15,20H,9H2,1-2H3,(H2,19,21,22). The minimum absolute atomic E-state index is 0.200. The van der Waals surface area contributed by atoms with Crippen molar-refractivity contribution in [1.82, 2.24) is 0 Å². The molecule has 2 aromatic carbocycles. The highest BCUT2D eigenvalue weighted by Crippen LogP contribution is 2.25. The SMILES string of the molecule is COc1cc(C(N)=NC(=O)C2Cc3ccccc3N2)ccc1C. The van der Waals surface area contributed by atoms with Gasteiger partial charge < -0.3 is 15.8 Å². The van der Waals surface area contributed by atoms with Crippen molar-refractivity contribution in [2.45, 2.75) is 19.4 Å². The van der Waals surface area contributed by atoms with E-state index in [0.29, 0.717) is 12.0 Å². The molecule has 1 unspecified atom stereocenters. The van der Waals surface area contributed by atoms with Crippen LogP contribution in [0, 0.1) is 6.92 Å². The molecule has 0 saturated carbocycles. The Kier molecular flexibility index (Phi) is 4.02. The second-order valence-electron chi connectivity index (χ2n) is 5.58. The van der Waals surface area contributed by atoms with Gasteiger partial charge in [0.2, 0.25) is 0 Å². The van der Waals surface area contributed by atoms with Crippen molar-refractivity contribution in [3.05, 3.63) is 59.2 Å². The number of amidine groups is 1. The molecular weight excluding hydrogens is 290 g/mol. The molecule has 3 rings (SSSR count). The van der Waals surface area contributed by atoms with Crippen LogP contribution in [0.4, 0.5) is 5.69 Å². The number of aliphatic imine (C=N–C) groups is 1. The van der Waals surface area contributed by atoms with Crippen LogP contribution in [0.15, 0.2) is 47.5 Å². The topological polar surface area (TPSA) is 76.7 Å². The van der Waals surface area contributed by atoms with E-state index in [-0.39, 0.29) is 17.8 Å². The van der Waals surface area contributed by atoms with Crippen molar-refractivity contribution in [2.24, 2.45) is 10.7 Å². The first-order chi connectivity index (χ1) is 11.1. The van der Waals surface area contributed by atoms with Crippen LogP contribution >= 0.6 is 0 Å². The van der Waals surface area contributed by atoms with E-state index in [1.807, 2.05) is 43.3 Å². The average Bonchev–Trinajstić information content (AvgIpc) is 2.99. The number of benzene rings is 2. The van der Waals surface area contributed by atoms with Gasteiger partial charge in [0.1, 0.15) is 17.6 Å². The number of nitrogens with one attached hydrogen (secondary N) is 1. The number of nitrogens with zero attached hydrogens (tertiary/aromatic N) is 1. The fourth-order valence-corrected chi connectivity index (χ4v) is 2.69. The molecule has 0 spiro atoms. The Hall–Kier alpha value is -2.82. The number of hydrogen-bond donors (Lipinski definition) is 2. The van der Waals surface area contributed by atoms with E-state index in [2.05, 4.69) is 10.3 Å². The normalized spacial score (nSPS) is 16.6. The molecule has 1 amide bonds. The fraction of sp³-hybridized carbons (Fsp3) is 0.222. The molecule has 118 valence electrons. The van der Waals surface area contributed by atoms with Gasteiger partial charge in [0, 0.05) is 17.7 Å². The van der Waals surface area contributed by atoms with Crippen LogP contribution < -0.4 is 15.8 Å². The molecule has 0 aromatic heterocycles. The number of para-hydroxylation sites is 1. The zero-order valence-corrected chi connectivity index (χ0v) is 13.2. The molecule has 0 radical (unpaired) electrons. The molecule has 5 nitrogen and oxygen atoms in total. The maximum absolute atomic E-state index is 12.4. The Labute approximate surface area is 135 Å². The Morgan fingerprint density at radius 2 is 2.09 bits per heavy atom. The maximum atomic E-state index is 12.4. The van der Waals surface area contributed by atoms with Gasteiger partial charge in [-0.2, -0.15) is 4.99 Å². The van der Waals surface area contributed by atoms with Crippen LogP contribution in [-0.2, 0) is 11.2 Å². The van der Waals surface area contributed by atoms with E-state index in [1.165, 1.54) is 0 Å². The first-order valence-corrected chi connectivity index (χ1v) is 7.46. The van der Waals surface area contributed by atoms with Gasteiger partial charge in [-0.1, -0.05) is 30.3 Å². The van der Waals surface area contributed by atoms with E-state index in [1.54, 1.807) is 13.2 Å². The molecule has 1 heterocycles. The van der Waals surface area contributed by atoms with Gasteiger partial charge in [0.05, 0.1) is 7.11 Å². The van der Waals surface area contributed by atoms with Gasteiger partial charge in [0.15, 0.2) is 0 Å². The van der Waals surface area contributed by atoms with E-state index in [9.17, 15) is 4.79 Å². The zero-order valence-electron chi connectivity index (χ0n) is 13.2. The number of amides is 1. The van der Waals surface area contributed by atoms with Crippen LogP contribution in [0.1, 0.15) is 16.7 Å². The average molecular weight is 309 g/mol. The Bertz CT molecular complexity index is 759. The fourth-order valence-electron chi connectivity index (χ4n) is 2.69. The molecule has 23 heavy (non-hydrogen) atoms. The number of aryl methyl sites for hydroxylation is 1. The number of carbonyl (C=O) groups excluding carboxylic acids is 1. The smallest absolute Gasteiger partial charge is 0.270 e. The highest BCUT2D eigenvalue weighted by molar-refractivity contribution is 6.06. The lowest BCUT2D eigenvalue weighted by molar-refractivity contribution is -0.118. The van der Waals surface area contributed by atoms with Crippen molar-refractivity contribution < 1.29 is 9.53 Å². The summed E-state index contributed by atoms with van der Waals surface area (Å²) in [5.41, 5.74) is 9.77. The quantitative estimate of drug-likeness (QED) is 0.673. The van der Waals surface area contributed by atoms with E-state index >= 15 is 0 Å². The summed E-state index contributed by atoms with van der Waals surface area (Å²) in [6.07, 6.45) is 0.628. The summed E-state index contributed by atoms with van der Waals surface area (Å²) in [6, 6.07) is 13.0. The lowest BCUT2D eigenvalue weighted by atomic mass is 10.1. The lowest BCUT2D eigenvalue weighted by Gasteiger charge is -2.09. The zero-order chi connectivity index (χ0) is 16.4. The Morgan fingerprint density at radius 1 is 1.30 bits per heavy atom. The predicted molar refractivity (Wildman–Crippen MR) is 91.0 cm³/mol. The molecule has 0 saturated heterocycles. The van der Waals surface area contributed by atoms with Crippen molar-refractivity contribution in [3.63, 3.8) is 0 Å². The second-order valence-corrected chi connectivity index (χ2v) is 5.58. The summed E-state index contributed by atoms with van der Waals surface area (Å²) in [6.45, 7) is 1.95. The molecule has 1 aliphatic heterocycles. The van der Waals surface area contributed by atoms with Gasteiger partial charge in [0.25, 0.3) is 5.91 Å². The van der Waals surface area contributed by atoms with Crippen LogP contribution in [0.3, 0.4) is 0 Å². The molecule has 2 aromatic rings. The van der Waals surface area contributed by atoms with Crippen molar-refractivity contribution in [2.75, 3.05) is 12.4 Å². The second kappa shape index (κ2) is 6.12. The van der Waals surface area contributed by atoms with Crippen LogP contribution in [0.2, 0.25) is 0 Å². The van der Waals surface area contributed by atoms with Gasteiger partial charge in [-0.15, -0.1) is 0 Å². The number of hydrogen-bond acceptors (Lipinski definition) is 3. The molecule has 5 heteroatoms. The highest BCUT2D eigenvalue weighted by Gasteiger charge is 2.26. The van der Waals surface area contributed by atoms with Gasteiger partial charge in [-0.3, -0.25) is 4.79 Å². The maximum Gasteiger partial charge on any atom is 0.270 e. The van der Waals surface area contributed by atoms with Crippen molar-refractivity contribution in [3.8, 4) is 5.75 Å². The summed E-state index contributed by atoms with van der Waals surface area (Å²) in [7, 11) is 1.60. The number of carbonyl (C=O) groups is 1. The number of anilines is 1. The van der Waals surface area contributed by atoms with Gasteiger partial charge in [-0.05, 0) is 30.2 Å². The van der Waals surface area contributed by atoms with Gasteiger partial charge in [-0.25, -0.2) is 0 Å². The minimum Gasteiger partial charge on any atom is -0.496 e.